The average molecular weight is 512 g/mol. The standard InChI is InChI=1S/C22H19ClF3N3O4S/c23-15-4-3-11-12(5-6-27-10-14(11)13(21(32)33)8-19(30)31)20(15)29-16(17-2-1-7-34-17)9-18(28-29)22(24,25)26/h1-4,7,9,13-14,27H,5-6,8,10H2,(H,30,31)(H,32,33)/p-2. The number of aliphatic carboxylic acids is 2. The first kappa shape index (κ1) is 24.2. The van der Waals surface area contributed by atoms with Crippen LogP contribution in [0.15, 0.2) is 35.7 Å². The fourth-order valence-corrected chi connectivity index (χ4v) is 5.25. The van der Waals surface area contributed by atoms with E-state index in [-0.39, 0.29) is 22.9 Å². The van der Waals surface area contributed by atoms with Crippen molar-refractivity contribution in [2.75, 3.05) is 13.1 Å². The van der Waals surface area contributed by atoms with E-state index in [0.717, 1.165) is 10.7 Å². The highest BCUT2D eigenvalue weighted by atomic mass is 35.5. The molecule has 180 valence electrons. The number of alkyl halides is 3. The summed E-state index contributed by atoms with van der Waals surface area (Å²) in [5.41, 5.74) is 0.218. The predicted molar refractivity (Wildman–Crippen MR) is 114 cm³/mol. The van der Waals surface area contributed by atoms with E-state index in [2.05, 4.69) is 10.4 Å². The number of aromatic nitrogens is 2. The molecule has 0 spiro atoms. The highest BCUT2D eigenvalue weighted by Gasteiger charge is 2.37. The lowest BCUT2D eigenvalue weighted by Gasteiger charge is -2.30. The molecule has 7 nitrogen and oxygen atoms in total. The summed E-state index contributed by atoms with van der Waals surface area (Å²) in [5.74, 6) is -5.35. The highest BCUT2D eigenvalue weighted by molar-refractivity contribution is 7.13. The third kappa shape index (κ3) is 4.68. The number of carbonyl (C=O) groups excluding carboxylic acids is 2. The van der Waals surface area contributed by atoms with Crippen molar-refractivity contribution in [1.82, 2.24) is 15.1 Å². The van der Waals surface area contributed by atoms with Gasteiger partial charge in [0.25, 0.3) is 0 Å². The van der Waals surface area contributed by atoms with Gasteiger partial charge in [0.15, 0.2) is 5.69 Å². The second kappa shape index (κ2) is 9.40. The summed E-state index contributed by atoms with van der Waals surface area (Å²) in [4.78, 5) is 23.5. The molecule has 4 rings (SSSR count). The Morgan fingerprint density at radius 3 is 2.68 bits per heavy atom. The Balaban J connectivity index is 1.95. The number of nitrogens with zero attached hydrogens (tertiary/aromatic N) is 2. The van der Waals surface area contributed by atoms with Crippen molar-refractivity contribution in [2.24, 2.45) is 5.92 Å². The van der Waals surface area contributed by atoms with Crippen LogP contribution in [0.2, 0.25) is 5.02 Å². The summed E-state index contributed by atoms with van der Waals surface area (Å²) in [6.07, 6.45) is -5.17. The summed E-state index contributed by atoms with van der Waals surface area (Å²) in [5, 5.41) is 31.7. The molecule has 3 aromatic rings. The van der Waals surface area contributed by atoms with Gasteiger partial charge in [0, 0.05) is 30.3 Å². The molecule has 2 atom stereocenters. The van der Waals surface area contributed by atoms with Crippen LogP contribution in [-0.4, -0.2) is 34.8 Å². The molecule has 3 heterocycles. The molecule has 0 fully saturated rings. The van der Waals surface area contributed by atoms with Gasteiger partial charge in [0.1, 0.15) is 0 Å². The Morgan fingerprint density at radius 2 is 2.06 bits per heavy atom. The average Bonchev–Trinajstić information content (AvgIpc) is 3.38. The molecule has 2 unspecified atom stereocenters. The third-order valence-corrected chi connectivity index (χ3v) is 6.94. The van der Waals surface area contributed by atoms with Crippen molar-refractivity contribution in [2.45, 2.75) is 24.9 Å². The Labute approximate surface area is 200 Å². The van der Waals surface area contributed by atoms with Crippen LogP contribution in [0.3, 0.4) is 0 Å². The number of carboxylic acid groups (broad SMARTS) is 2. The number of thiophene rings is 1. The lowest BCUT2D eigenvalue weighted by molar-refractivity contribution is -0.321. The van der Waals surface area contributed by atoms with Crippen molar-refractivity contribution in [3.8, 4) is 16.3 Å². The summed E-state index contributed by atoms with van der Waals surface area (Å²) in [6, 6.07) is 7.32. The molecule has 1 aliphatic rings. The van der Waals surface area contributed by atoms with E-state index in [1.54, 1.807) is 23.6 Å². The van der Waals surface area contributed by atoms with Crippen molar-refractivity contribution in [3.63, 3.8) is 0 Å². The van der Waals surface area contributed by atoms with E-state index in [9.17, 15) is 33.0 Å². The number of rotatable bonds is 6. The first-order valence-electron chi connectivity index (χ1n) is 10.2. The van der Waals surface area contributed by atoms with Crippen LogP contribution >= 0.6 is 22.9 Å². The van der Waals surface area contributed by atoms with Gasteiger partial charge in [-0.05, 0) is 54.1 Å². The third-order valence-electron chi connectivity index (χ3n) is 5.75. The van der Waals surface area contributed by atoms with Gasteiger partial charge in [-0.15, -0.1) is 11.3 Å². The quantitative estimate of drug-likeness (QED) is 0.542. The number of hydrogen-bond acceptors (Lipinski definition) is 7. The molecule has 0 amide bonds. The molecule has 0 saturated carbocycles. The van der Waals surface area contributed by atoms with Crippen molar-refractivity contribution in [3.05, 3.63) is 57.6 Å². The topological polar surface area (TPSA) is 110 Å². The summed E-state index contributed by atoms with van der Waals surface area (Å²) >= 11 is 7.72. The maximum absolute atomic E-state index is 13.6. The molecule has 0 saturated heterocycles. The molecule has 1 aliphatic heterocycles. The molecule has 1 N–H and O–H groups in total. The number of nitrogens with one attached hydrogen (secondary N) is 1. The number of benzene rings is 1. The zero-order valence-corrected chi connectivity index (χ0v) is 19.0. The Kier molecular flexibility index (Phi) is 6.70. The van der Waals surface area contributed by atoms with Gasteiger partial charge < -0.3 is 25.1 Å². The van der Waals surface area contributed by atoms with Gasteiger partial charge in [0.05, 0.1) is 21.3 Å². The fourth-order valence-electron chi connectivity index (χ4n) is 4.26. The summed E-state index contributed by atoms with van der Waals surface area (Å²) in [7, 11) is 0. The monoisotopic (exact) mass is 511 g/mol. The maximum atomic E-state index is 13.6. The van der Waals surface area contributed by atoms with E-state index < -0.39 is 42.1 Å². The zero-order valence-electron chi connectivity index (χ0n) is 17.4. The van der Waals surface area contributed by atoms with Gasteiger partial charge in [-0.25, -0.2) is 4.68 Å². The Bertz CT molecular complexity index is 1230. The second-order valence-electron chi connectivity index (χ2n) is 7.83. The first-order chi connectivity index (χ1) is 16.1. The fraction of sp³-hybridized carbons (Fsp3) is 0.318. The van der Waals surface area contributed by atoms with E-state index in [1.165, 1.54) is 17.4 Å². The Hall–Kier alpha value is -2.89. The van der Waals surface area contributed by atoms with Crippen LogP contribution in [0.1, 0.15) is 29.2 Å². The molecule has 2 aromatic heterocycles. The zero-order chi connectivity index (χ0) is 24.6. The molecule has 0 radical (unpaired) electrons. The second-order valence-corrected chi connectivity index (χ2v) is 9.18. The summed E-state index contributed by atoms with van der Waals surface area (Å²) < 4.78 is 41.8. The normalized spacial score (nSPS) is 17.1. The van der Waals surface area contributed by atoms with Crippen molar-refractivity contribution < 1.29 is 33.0 Å². The van der Waals surface area contributed by atoms with E-state index in [1.807, 2.05) is 0 Å². The molecule has 0 aliphatic carbocycles. The van der Waals surface area contributed by atoms with Crippen LogP contribution < -0.4 is 15.5 Å². The van der Waals surface area contributed by atoms with E-state index in [0.29, 0.717) is 29.0 Å². The van der Waals surface area contributed by atoms with Crippen LogP contribution in [-0.2, 0) is 22.2 Å². The minimum absolute atomic E-state index is 0.124. The molecular weight excluding hydrogens is 495 g/mol. The van der Waals surface area contributed by atoms with Crippen LogP contribution in [0, 0.1) is 5.92 Å². The first-order valence-corrected chi connectivity index (χ1v) is 11.5. The van der Waals surface area contributed by atoms with Crippen molar-refractivity contribution in [1.29, 1.82) is 0 Å². The van der Waals surface area contributed by atoms with Crippen LogP contribution in [0.4, 0.5) is 13.2 Å². The largest absolute Gasteiger partial charge is 0.550 e. The van der Waals surface area contributed by atoms with Crippen molar-refractivity contribution >= 4 is 34.9 Å². The van der Waals surface area contributed by atoms with Gasteiger partial charge in [-0.3, -0.25) is 0 Å². The van der Waals surface area contributed by atoms with Gasteiger partial charge in [-0.2, -0.15) is 18.3 Å². The molecule has 1 aromatic carbocycles. The maximum Gasteiger partial charge on any atom is 0.435 e. The van der Waals surface area contributed by atoms with Crippen LogP contribution in [0.25, 0.3) is 16.3 Å². The smallest absolute Gasteiger partial charge is 0.435 e. The molecular formula is C22H17ClF3N3O4S-2. The molecule has 34 heavy (non-hydrogen) atoms. The number of hydrogen-bond donors (Lipinski definition) is 1. The number of carbonyl (C=O) groups is 2. The van der Waals surface area contributed by atoms with E-state index >= 15 is 0 Å². The number of halogens is 4. The minimum Gasteiger partial charge on any atom is -0.550 e. The highest BCUT2D eigenvalue weighted by Crippen LogP contribution is 2.40. The molecule has 12 heteroatoms. The van der Waals surface area contributed by atoms with Crippen LogP contribution in [0.5, 0.6) is 0 Å². The number of carboxylic acids is 2. The van der Waals surface area contributed by atoms with E-state index in [4.69, 9.17) is 11.6 Å². The van der Waals surface area contributed by atoms with Gasteiger partial charge in [0.2, 0.25) is 0 Å². The summed E-state index contributed by atoms with van der Waals surface area (Å²) in [6.45, 7) is 0.494. The predicted octanol–water partition coefficient (Wildman–Crippen LogP) is 2.01. The minimum atomic E-state index is -4.70. The lowest BCUT2D eigenvalue weighted by atomic mass is 9.81. The number of fused-ring (bicyclic) bond motifs is 1. The SMILES string of the molecule is O=C([O-])CC(C(=O)[O-])C1CNCCc2c1ccc(Cl)c2-n1nc(C(F)(F)F)cc1-c1cccs1. The van der Waals surface area contributed by atoms with Gasteiger partial charge >= 0.3 is 6.18 Å². The van der Waals surface area contributed by atoms with Gasteiger partial charge in [-0.1, -0.05) is 23.7 Å². The molecule has 0 bridgehead atoms. The lowest BCUT2D eigenvalue weighted by Crippen LogP contribution is -2.41. The Morgan fingerprint density at radius 1 is 1.29 bits per heavy atom.